The molecule has 4 nitrogen and oxygen atoms in total. The molecule has 0 bridgehead atoms. The number of nitrogens with zero attached hydrogens (tertiary/aromatic N) is 4. The fraction of sp³-hybridized carbons (Fsp3) is 0.300. The fourth-order valence-corrected chi connectivity index (χ4v) is 4.27. The molecule has 0 N–H and O–H groups in total. The van der Waals surface area contributed by atoms with Crippen molar-refractivity contribution in [3.05, 3.63) is 71.7 Å². The minimum Gasteiger partial charge on any atom is -0.286 e. The van der Waals surface area contributed by atoms with Gasteiger partial charge in [-0.1, -0.05) is 47.7 Å². The van der Waals surface area contributed by atoms with Crippen LogP contribution in [0.5, 0.6) is 0 Å². The van der Waals surface area contributed by atoms with Gasteiger partial charge in [0.15, 0.2) is 0 Å². The van der Waals surface area contributed by atoms with Crippen LogP contribution in [0.25, 0.3) is 11.3 Å². The zero-order chi connectivity index (χ0) is 16.8. The Morgan fingerprint density at radius 1 is 1.00 bits per heavy atom. The molecule has 0 saturated carbocycles. The minimum atomic E-state index is -0.201. The van der Waals surface area contributed by atoms with Crippen LogP contribution in [0.15, 0.2) is 54.6 Å². The van der Waals surface area contributed by atoms with Gasteiger partial charge in [-0.3, -0.25) is 4.90 Å². The third-order valence-electron chi connectivity index (χ3n) is 5.40. The molecule has 0 spiro atoms. The quantitative estimate of drug-likeness (QED) is 0.717. The summed E-state index contributed by atoms with van der Waals surface area (Å²) in [4.78, 5) is 2.54. The van der Waals surface area contributed by atoms with E-state index in [4.69, 9.17) is 0 Å². The molecular formula is C20H19FN4. The van der Waals surface area contributed by atoms with E-state index in [0.29, 0.717) is 6.04 Å². The zero-order valence-electron chi connectivity index (χ0n) is 13.8. The Labute approximate surface area is 145 Å². The molecular weight excluding hydrogens is 315 g/mol. The molecule has 1 aromatic heterocycles. The van der Waals surface area contributed by atoms with Crippen molar-refractivity contribution in [3.63, 3.8) is 0 Å². The van der Waals surface area contributed by atoms with Crippen molar-refractivity contribution in [3.8, 4) is 11.3 Å². The number of aromatic nitrogens is 3. The first kappa shape index (κ1) is 14.8. The lowest BCUT2D eigenvalue weighted by molar-refractivity contribution is 0.147. The van der Waals surface area contributed by atoms with Crippen LogP contribution < -0.4 is 0 Å². The van der Waals surface area contributed by atoms with E-state index < -0.39 is 0 Å². The topological polar surface area (TPSA) is 34.0 Å². The van der Waals surface area contributed by atoms with E-state index in [1.54, 1.807) is 12.1 Å². The van der Waals surface area contributed by atoms with E-state index in [1.165, 1.54) is 12.8 Å². The van der Waals surface area contributed by atoms with Crippen molar-refractivity contribution >= 4 is 0 Å². The van der Waals surface area contributed by atoms with Gasteiger partial charge in [0.25, 0.3) is 0 Å². The summed E-state index contributed by atoms with van der Waals surface area (Å²) in [7, 11) is 0. The Balaban J connectivity index is 1.69. The second-order valence-electron chi connectivity index (χ2n) is 6.86. The number of halogens is 1. The van der Waals surface area contributed by atoms with E-state index >= 15 is 0 Å². The fourth-order valence-electron chi connectivity index (χ4n) is 4.27. The van der Waals surface area contributed by atoms with Gasteiger partial charge in [0.1, 0.15) is 11.5 Å². The number of benzene rings is 2. The van der Waals surface area contributed by atoms with Crippen LogP contribution in [0.4, 0.5) is 4.39 Å². The van der Waals surface area contributed by atoms with Crippen molar-refractivity contribution < 1.29 is 4.39 Å². The third-order valence-corrected chi connectivity index (χ3v) is 5.40. The van der Waals surface area contributed by atoms with Crippen molar-refractivity contribution in [2.45, 2.75) is 31.5 Å². The molecule has 1 saturated heterocycles. The minimum absolute atomic E-state index is 0.0760. The van der Waals surface area contributed by atoms with E-state index in [0.717, 1.165) is 35.6 Å². The Bertz CT molecular complexity index is 888. The van der Waals surface area contributed by atoms with E-state index in [2.05, 4.69) is 32.0 Å². The zero-order valence-corrected chi connectivity index (χ0v) is 13.8. The molecule has 5 heteroatoms. The van der Waals surface area contributed by atoms with Gasteiger partial charge < -0.3 is 0 Å². The molecule has 2 aromatic carbocycles. The van der Waals surface area contributed by atoms with Gasteiger partial charge in [0.05, 0.1) is 18.3 Å². The van der Waals surface area contributed by atoms with Gasteiger partial charge in [-0.2, -0.15) is 0 Å². The molecule has 2 aliphatic heterocycles. The summed E-state index contributed by atoms with van der Waals surface area (Å²) in [5.41, 5.74) is 4.23. The summed E-state index contributed by atoms with van der Waals surface area (Å²) < 4.78 is 15.5. The second kappa shape index (κ2) is 5.77. The van der Waals surface area contributed by atoms with Crippen LogP contribution in [0.2, 0.25) is 0 Å². The molecule has 3 aromatic rings. The smallest absolute Gasteiger partial charge is 0.123 e. The molecule has 0 unspecified atom stereocenters. The van der Waals surface area contributed by atoms with Gasteiger partial charge in [-0.05, 0) is 37.1 Å². The van der Waals surface area contributed by atoms with Crippen molar-refractivity contribution in [1.29, 1.82) is 0 Å². The monoisotopic (exact) mass is 334 g/mol. The molecule has 3 heterocycles. The van der Waals surface area contributed by atoms with Gasteiger partial charge in [-0.15, -0.1) is 5.10 Å². The highest BCUT2D eigenvalue weighted by Gasteiger charge is 2.41. The van der Waals surface area contributed by atoms with E-state index in [1.807, 2.05) is 30.3 Å². The standard InChI is InChI=1S/C20H19FN4/c21-16-10-8-15(9-11-16)19-20-18(14-5-2-1-3-6-14)22-23-25(20)13-17-7-4-12-24(17)19/h1-3,5-6,8-11,17,19H,4,7,12-13H2/t17-,19-/m0/s1. The maximum absolute atomic E-state index is 13.5. The molecule has 2 aliphatic rings. The van der Waals surface area contributed by atoms with Crippen LogP contribution in [-0.2, 0) is 6.54 Å². The molecule has 0 amide bonds. The number of hydrogen-bond donors (Lipinski definition) is 0. The number of rotatable bonds is 2. The molecule has 0 radical (unpaired) electrons. The van der Waals surface area contributed by atoms with E-state index in [-0.39, 0.29) is 11.9 Å². The third kappa shape index (κ3) is 2.38. The van der Waals surface area contributed by atoms with Gasteiger partial charge in [0, 0.05) is 11.6 Å². The molecule has 1 fully saturated rings. The Morgan fingerprint density at radius 2 is 1.80 bits per heavy atom. The van der Waals surface area contributed by atoms with Crippen LogP contribution >= 0.6 is 0 Å². The predicted molar refractivity (Wildman–Crippen MR) is 93.4 cm³/mol. The lowest BCUT2D eigenvalue weighted by Gasteiger charge is -2.38. The summed E-state index contributed by atoms with van der Waals surface area (Å²) in [6.07, 6.45) is 2.37. The Kier molecular flexibility index (Phi) is 3.41. The summed E-state index contributed by atoms with van der Waals surface area (Å²) >= 11 is 0. The average Bonchev–Trinajstić information content (AvgIpc) is 3.28. The average molecular weight is 334 g/mol. The van der Waals surface area contributed by atoms with Gasteiger partial charge in [-0.25, -0.2) is 9.07 Å². The first-order chi connectivity index (χ1) is 12.3. The largest absolute Gasteiger partial charge is 0.286 e. The summed E-state index contributed by atoms with van der Waals surface area (Å²) in [6, 6.07) is 17.6. The highest BCUT2D eigenvalue weighted by atomic mass is 19.1. The summed E-state index contributed by atoms with van der Waals surface area (Å²) in [5, 5.41) is 8.95. The lowest BCUT2D eigenvalue weighted by Crippen LogP contribution is -2.43. The Morgan fingerprint density at radius 3 is 2.60 bits per heavy atom. The van der Waals surface area contributed by atoms with Crippen molar-refractivity contribution in [1.82, 2.24) is 19.9 Å². The highest BCUT2D eigenvalue weighted by Crippen LogP contribution is 2.42. The molecule has 2 atom stereocenters. The van der Waals surface area contributed by atoms with Gasteiger partial charge >= 0.3 is 0 Å². The number of fused-ring (bicyclic) bond motifs is 2. The molecule has 5 rings (SSSR count). The van der Waals surface area contributed by atoms with Crippen molar-refractivity contribution in [2.24, 2.45) is 0 Å². The van der Waals surface area contributed by atoms with Crippen LogP contribution in [0, 0.1) is 5.82 Å². The first-order valence-corrected chi connectivity index (χ1v) is 8.81. The Hall–Kier alpha value is -2.53. The van der Waals surface area contributed by atoms with Crippen LogP contribution in [0.1, 0.15) is 30.1 Å². The predicted octanol–water partition coefficient (Wildman–Crippen LogP) is 3.65. The first-order valence-electron chi connectivity index (χ1n) is 8.81. The molecule has 126 valence electrons. The molecule has 0 aliphatic carbocycles. The molecule has 25 heavy (non-hydrogen) atoms. The van der Waals surface area contributed by atoms with Crippen molar-refractivity contribution in [2.75, 3.05) is 6.54 Å². The van der Waals surface area contributed by atoms with Crippen LogP contribution in [-0.4, -0.2) is 32.5 Å². The maximum Gasteiger partial charge on any atom is 0.123 e. The highest BCUT2D eigenvalue weighted by molar-refractivity contribution is 5.63. The normalized spacial score (nSPS) is 22.6. The van der Waals surface area contributed by atoms with Crippen LogP contribution in [0.3, 0.4) is 0 Å². The van der Waals surface area contributed by atoms with Gasteiger partial charge in [0.2, 0.25) is 0 Å². The summed E-state index contributed by atoms with van der Waals surface area (Å²) in [5.74, 6) is -0.201. The number of hydrogen-bond acceptors (Lipinski definition) is 3. The van der Waals surface area contributed by atoms with E-state index in [9.17, 15) is 4.39 Å². The second-order valence-corrected chi connectivity index (χ2v) is 6.86. The lowest BCUT2D eigenvalue weighted by atomic mass is 9.95. The SMILES string of the molecule is Fc1ccc([C@H]2c3c(-c4ccccc4)nnn3C[C@@H]3CCCN32)cc1. The summed E-state index contributed by atoms with van der Waals surface area (Å²) in [6.45, 7) is 1.94. The maximum atomic E-state index is 13.5.